The van der Waals surface area contributed by atoms with Crippen LogP contribution in [0.3, 0.4) is 0 Å². The second kappa shape index (κ2) is 7.88. The van der Waals surface area contributed by atoms with Crippen molar-refractivity contribution in [2.45, 2.75) is 6.92 Å². The summed E-state index contributed by atoms with van der Waals surface area (Å²) in [6.07, 6.45) is 0. The molecule has 0 rings (SSSR count). The maximum atomic E-state index is 9.54. The maximum absolute atomic E-state index is 9.54. The SMILES string of the molecule is CC(=O)C(=O)O.O=P(O)(O)O.[NaH]. The van der Waals surface area contributed by atoms with E-state index in [1.807, 2.05) is 0 Å². The number of phosphoric acid groups is 1. The van der Waals surface area contributed by atoms with Gasteiger partial charge in [0.1, 0.15) is 0 Å². The molecule has 0 unspecified atom stereocenters. The molecule has 0 heterocycles. The average molecular weight is 210 g/mol. The Morgan fingerprint density at radius 2 is 1.25 bits per heavy atom. The van der Waals surface area contributed by atoms with Gasteiger partial charge in [-0.2, -0.15) is 0 Å². The van der Waals surface area contributed by atoms with Crippen LogP contribution in [0.25, 0.3) is 0 Å². The molecule has 9 heteroatoms. The summed E-state index contributed by atoms with van der Waals surface area (Å²) in [6, 6.07) is 0. The van der Waals surface area contributed by atoms with Gasteiger partial charge in [-0.15, -0.1) is 0 Å². The third-order valence-electron chi connectivity index (χ3n) is 0.301. The van der Waals surface area contributed by atoms with Crippen LogP contribution in [-0.2, 0) is 14.2 Å². The summed E-state index contributed by atoms with van der Waals surface area (Å²) < 4.78 is 8.88. The number of carboxylic acid groups (broad SMARTS) is 1. The van der Waals surface area contributed by atoms with E-state index in [-0.39, 0.29) is 29.6 Å². The van der Waals surface area contributed by atoms with Crippen LogP contribution in [0, 0.1) is 0 Å². The summed E-state index contributed by atoms with van der Waals surface area (Å²) in [5, 5.41) is 7.64. The number of rotatable bonds is 1. The Hall–Kier alpha value is 0.250. The van der Waals surface area contributed by atoms with E-state index in [0.717, 1.165) is 6.92 Å². The van der Waals surface area contributed by atoms with Crippen molar-refractivity contribution in [1.29, 1.82) is 0 Å². The summed E-state index contributed by atoms with van der Waals surface area (Å²) in [5.41, 5.74) is 0. The van der Waals surface area contributed by atoms with Gasteiger partial charge in [-0.3, -0.25) is 4.79 Å². The first-order chi connectivity index (χ1) is 4.64. The van der Waals surface area contributed by atoms with Crippen molar-refractivity contribution in [2.75, 3.05) is 0 Å². The monoisotopic (exact) mass is 210 g/mol. The normalized spacial score (nSPS) is 8.67. The molecule has 0 radical (unpaired) electrons. The van der Waals surface area contributed by atoms with E-state index in [1.165, 1.54) is 0 Å². The number of carbonyl (C=O) groups is 2. The summed E-state index contributed by atoms with van der Waals surface area (Å²) in [5.74, 6) is -2.20. The fourth-order valence-electron chi connectivity index (χ4n) is 0. The third-order valence-corrected chi connectivity index (χ3v) is 0.301. The summed E-state index contributed by atoms with van der Waals surface area (Å²) in [6.45, 7) is 1.00. The minimum atomic E-state index is -4.64. The van der Waals surface area contributed by atoms with Crippen molar-refractivity contribution < 1.29 is 33.9 Å². The number of aliphatic carboxylic acids is 1. The molecule has 7 nitrogen and oxygen atoms in total. The number of hydrogen-bond donors (Lipinski definition) is 4. The number of hydrogen-bond acceptors (Lipinski definition) is 3. The van der Waals surface area contributed by atoms with Crippen molar-refractivity contribution in [3.63, 3.8) is 0 Å². The topological polar surface area (TPSA) is 132 Å². The molecule has 12 heavy (non-hydrogen) atoms. The van der Waals surface area contributed by atoms with Gasteiger partial charge in [0.05, 0.1) is 0 Å². The van der Waals surface area contributed by atoms with Crippen LogP contribution in [0.4, 0.5) is 0 Å². The summed E-state index contributed by atoms with van der Waals surface area (Å²) in [7, 11) is -4.64. The molecular weight excluding hydrogens is 202 g/mol. The number of Topliss-reactive ketones (excluding diaryl/α,β-unsaturated/α-hetero) is 1. The van der Waals surface area contributed by atoms with Gasteiger partial charge in [-0.1, -0.05) is 0 Å². The molecule has 4 N–H and O–H groups in total. The molecule has 0 aromatic rings. The Kier molecular flexibility index (Phi) is 11.9. The second-order valence-corrected chi connectivity index (χ2v) is 2.40. The van der Waals surface area contributed by atoms with Gasteiger partial charge in [0.2, 0.25) is 5.78 Å². The van der Waals surface area contributed by atoms with Gasteiger partial charge < -0.3 is 19.8 Å². The van der Waals surface area contributed by atoms with E-state index < -0.39 is 19.6 Å². The van der Waals surface area contributed by atoms with Crippen LogP contribution in [0.15, 0.2) is 0 Å². The van der Waals surface area contributed by atoms with Crippen molar-refractivity contribution in [3.05, 3.63) is 0 Å². The van der Waals surface area contributed by atoms with Crippen LogP contribution in [0.2, 0.25) is 0 Å². The average Bonchev–Trinajstić information content (AvgIpc) is 1.59. The van der Waals surface area contributed by atoms with Crippen LogP contribution in [0.5, 0.6) is 0 Å². The van der Waals surface area contributed by atoms with Gasteiger partial charge in [0, 0.05) is 6.92 Å². The predicted molar refractivity (Wildman–Crippen MR) is 39.7 cm³/mol. The van der Waals surface area contributed by atoms with Crippen molar-refractivity contribution >= 4 is 49.1 Å². The zero-order valence-corrected chi connectivity index (χ0v) is 6.36. The number of ketones is 1. The molecule has 0 atom stereocenters. The molecule has 0 fully saturated rings. The van der Waals surface area contributed by atoms with Gasteiger partial charge in [-0.25, -0.2) is 9.36 Å². The second-order valence-electron chi connectivity index (χ2n) is 1.37. The first kappa shape index (κ1) is 18.1. The first-order valence-electron chi connectivity index (χ1n) is 2.16. The van der Waals surface area contributed by atoms with Gasteiger partial charge in [0.15, 0.2) is 0 Å². The molecule has 0 amide bonds. The zero-order valence-electron chi connectivity index (χ0n) is 5.46. The van der Waals surface area contributed by atoms with Crippen molar-refractivity contribution in [2.24, 2.45) is 0 Å². The van der Waals surface area contributed by atoms with E-state index in [1.54, 1.807) is 0 Å². The molecule has 0 bridgehead atoms. The Balaban J connectivity index is -0.000000126. The molecule has 0 aromatic carbocycles. The van der Waals surface area contributed by atoms with Gasteiger partial charge in [-0.05, 0) is 0 Å². The summed E-state index contributed by atoms with van der Waals surface area (Å²) in [4.78, 5) is 40.5. The standard InChI is InChI=1S/C3H4O3.Na.H3O4P.H/c1-2(4)3(5)6;;1-5(2,3)4;/h1H3,(H,5,6);;(H3,1,2,3,4);. The zero-order chi connectivity index (χ0) is 9.65. The molecule has 0 aliphatic carbocycles. The predicted octanol–water partition coefficient (Wildman–Crippen LogP) is -1.92. The first-order valence-corrected chi connectivity index (χ1v) is 3.73. The Labute approximate surface area is 89.9 Å². The Morgan fingerprint density at radius 1 is 1.17 bits per heavy atom. The molecule has 68 valence electrons. The minimum absolute atomic E-state index is 0. The molecule has 0 saturated carbocycles. The Bertz CT molecular complexity index is 175. The molecule has 0 saturated heterocycles. The quantitative estimate of drug-likeness (QED) is 0.225. The fraction of sp³-hybridized carbons (Fsp3) is 0.333. The van der Waals surface area contributed by atoms with E-state index >= 15 is 0 Å². The van der Waals surface area contributed by atoms with E-state index in [2.05, 4.69) is 0 Å². The molecule has 0 spiro atoms. The molecule has 0 aliphatic rings. The van der Waals surface area contributed by atoms with Crippen LogP contribution >= 0.6 is 7.82 Å². The van der Waals surface area contributed by atoms with Gasteiger partial charge >= 0.3 is 43.3 Å². The van der Waals surface area contributed by atoms with Crippen molar-refractivity contribution in [3.8, 4) is 0 Å². The number of carboxylic acids is 1. The van der Waals surface area contributed by atoms with E-state index in [9.17, 15) is 9.59 Å². The number of carbonyl (C=O) groups excluding carboxylic acids is 1. The summed E-state index contributed by atoms with van der Waals surface area (Å²) >= 11 is 0. The van der Waals surface area contributed by atoms with Crippen molar-refractivity contribution in [1.82, 2.24) is 0 Å². The molecule has 0 aliphatic heterocycles. The van der Waals surface area contributed by atoms with Crippen LogP contribution < -0.4 is 0 Å². The van der Waals surface area contributed by atoms with Crippen LogP contribution in [0.1, 0.15) is 6.92 Å². The fourth-order valence-corrected chi connectivity index (χ4v) is 0. The van der Waals surface area contributed by atoms with Gasteiger partial charge in [0.25, 0.3) is 0 Å². The van der Waals surface area contributed by atoms with Crippen LogP contribution in [-0.4, -0.2) is 61.1 Å². The Morgan fingerprint density at radius 3 is 1.25 bits per heavy atom. The third kappa shape index (κ3) is 48.6. The van der Waals surface area contributed by atoms with E-state index in [0.29, 0.717) is 0 Å². The molecule has 0 aromatic heterocycles. The van der Waals surface area contributed by atoms with E-state index in [4.69, 9.17) is 24.4 Å². The molecular formula is C3H8NaO7P.